The molecule has 0 heterocycles. The quantitative estimate of drug-likeness (QED) is 0.865. The molecule has 0 aromatic heterocycles. The van der Waals surface area contributed by atoms with E-state index in [4.69, 9.17) is 23.2 Å². The molecule has 0 aliphatic heterocycles. The topological polar surface area (TPSA) is 35.8 Å². The lowest BCUT2D eigenvalue weighted by Gasteiger charge is -2.15. The van der Waals surface area contributed by atoms with Crippen LogP contribution in [0.1, 0.15) is 17.2 Å². The molecule has 96 valence electrons. The van der Waals surface area contributed by atoms with Gasteiger partial charge in [-0.05, 0) is 36.2 Å². The first-order valence-corrected chi connectivity index (χ1v) is 6.54. The van der Waals surface area contributed by atoms with Crippen LogP contribution in [0, 0.1) is 18.3 Å². The van der Waals surface area contributed by atoms with Crippen LogP contribution in [-0.4, -0.2) is 0 Å². The smallest absolute Gasteiger partial charge is 0.140 e. The van der Waals surface area contributed by atoms with Crippen LogP contribution in [0.3, 0.4) is 0 Å². The Bertz CT molecular complexity index is 632. The van der Waals surface area contributed by atoms with Gasteiger partial charge in [0.15, 0.2) is 0 Å². The third-order valence-electron chi connectivity index (χ3n) is 2.83. The molecular formula is C15H12Cl2N2. The van der Waals surface area contributed by atoms with E-state index < -0.39 is 6.04 Å². The lowest BCUT2D eigenvalue weighted by Crippen LogP contribution is -2.08. The van der Waals surface area contributed by atoms with Gasteiger partial charge >= 0.3 is 0 Å². The molecular weight excluding hydrogens is 279 g/mol. The van der Waals surface area contributed by atoms with Gasteiger partial charge in [-0.2, -0.15) is 5.26 Å². The number of nitrogens with zero attached hydrogens (tertiary/aromatic N) is 1. The van der Waals surface area contributed by atoms with Crippen LogP contribution in [0.15, 0.2) is 42.5 Å². The molecule has 0 spiro atoms. The van der Waals surface area contributed by atoms with Crippen molar-refractivity contribution in [3.05, 3.63) is 63.6 Å². The summed E-state index contributed by atoms with van der Waals surface area (Å²) in [5, 5.41) is 13.6. The number of benzene rings is 2. The molecule has 1 N–H and O–H groups in total. The molecule has 4 heteroatoms. The van der Waals surface area contributed by atoms with E-state index in [2.05, 4.69) is 11.4 Å². The van der Waals surface area contributed by atoms with E-state index in [9.17, 15) is 5.26 Å². The van der Waals surface area contributed by atoms with Gasteiger partial charge in [-0.3, -0.25) is 0 Å². The lowest BCUT2D eigenvalue weighted by atomic mass is 10.1. The summed E-state index contributed by atoms with van der Waals surface area (Å²) in [7, 11) is 0. The maximum Gasteiger partial charge on any atom is 0.140 e. The van der Waals surface area contributed by atoms with Crippen LogP contribution in [0.4, 0.5) is 5.69 Å². The number of rotatable bonds is 3. The molecule has 1 atom stereocenters. The maximum atomic E-state index is 9.29. The molecule has 2 aromatic carbocycles. The van der Waals surface area contributed by atoms with E-state index in [1.54, 1.807) is 12.1 Å². The predicted octanol–water partition coefficient (Wildman–Crippen LogP) is 4.98. The highest BCUT2D eigenvalue weighted by Crippen LogP contribution is 2.27. The number of halogens is 2. The van der Waals surface area contributed by atoms with Crippen molar-refractivity contribution in [3.63, 3.8) is 0 Å². The average molecular weight is 291 g/mol. The SMILES string of the molecule is Cc1ccc(C(C#N)Nc2ccccc2Cl)cc1Cl. The van der Waals surface area contributed by atoms with Crippen molar-refractivity contribution in [3.8, 4) is 6.07 Å². The monoisotopic (exact) mass is 290 g/mol. The molecule has 0 radical (unpaired) electrons. The molecule has 0 fully saturated rings. The Balaban J connectivity index is 2.28. The van der Waals surface area contributed by atoms with Crippen LogP contribution >= 0.6 is 23.2 Å². The highest BCUT2D eigenvalue weighted by atomic mass is 35.5. The molecule has 0 aliphatic rings. The lowest BCUT2D eigenvalue weighted by molar-refractivity contribution is 0.996. The molecule has 2 rings (SSSR count). The largest absolute Gasteiger partial charge is 0.365 e. The third kappa shape index (κ3) is 3.20. The van der Waals surface area contributed by atoms with Gasteiger partial charge in [-0.15, -0.1) is 0 Å². The number of nitriles is 1. The fourth-order valence-electron chi connectivity index (χ4n) is 1.71. The number of nitrogens with one attached hydrogen (secondary N) is 1. The summed E-state index contributed by atoms with van der Waals surface area (Å²) in [4.78, 5) is 0. The Labute approximate surface area is 122 Å². The summed E-state index contributed by atoms with van der Waals surface area (Å²) >= 11 is 12.2. The van der Waals surface area contributed by atoms with E-state index in [-0.39, 0.29) is 0 Å². The van der Waals surface area contributed by atoms with Crippen molar-refractivity contribution >= 4 is 28.9 Å². The maximum absolute atomic E-state index is 9.29. The predicted molar refractivity (Wildman–Crippen MR) is 79.6 cm³/mol. The number of anilines is 1. The van der Waals surface area contributed by atoms with Gasteiger partial charge in [-0.25, -0.2) is 0 Å². The van der Waals surface area contributed by atoms with Crippen LogP contribution in [0.25, 0.3) is 0 Å². The van der Waals surface area contributed by atoms with Gasteiger partial charge in [0, 0.05) is 5.02 Å². The van der Waals surface area contributed by atoms with Crippen molar-refractivity contribution in [1.29, 1.82) is 5.26 Å². The zero-order valence-electron chi connectivity index (χ0n) is 10.3. The third-order valence-corrected chi connectivity index (χ3v) is 3.57. The summed E-state index contributed by atoms with van der Waals surface area (Å²) < 4.78 is 0. The Morgan fingerprint density at radius 1 is 1.11 bits per heavy atom. The zero-order valence-corrected chi connectivity index (χ0v) is 11.8. The average Bonchev–Trinajstić information content (AvgIpc) is 2.41. The van der Waals surface area contributed by atoms with Gasteiger partial charge in [0.1, 0.15) is 6.04 Å². The number of hydrogen-bond donors (Lipinski definition) is 1. The molecule has 2 nitrogen and oxygen atoms in total. The Morgan fingerprint density at radius 2 is 1.84 bits per heavy atom. The molecule has 0 saturated heterocycles. The van der Waals surface area contributed by atoms with E-state index in [1.165, 1.54) is 0 Å². The van der Waals surface area contributed by atoms with Crippen LogP contribution in [-0.2, 0) is 0 Å². The van der Waals surface area contributed by atoms with Crippen molar-refractivity contribution < 1.29 is 0 Å². The fourth-order valence-corrected chi connectivity index (χ4v) is 2.09. The summed E-state index contributed by atoms with van der Waals surface area (Å²) in [6.45, 7) is 1.93. The molecule has 1 unspecified atom stereocenters. The minimum absolute atomic E-state index is 0.488. The van der Waals surface area contributed by atoms with Gasteiger partial charge in [-0.1, -0.05) is 47.5 Å². The van der Waals surface area contributed by atoms with Gasteiger partial charge in [0.25, 0.3) is 0 Å². The first kappa shape index (κ1) is 13.7. The fraction of sp³-hybridized carbons (Fsp3) is 0.133. The molecule has 0 bridgehead atoms. The highest BCUT2D eigenvalue weighted by Gasteiger charge is 2.12. The minimum Gasteiger partial charge on any atom is -0.365 e. The minimum atomic E-state index is -0.488. The summed E-state index contributed by atoms with van der Waals surface area (Å²) in [5.41, 5.74) is 2.53. The second-order valence-electron chi connectivity index (χ2n) is 4.19. The Morgan fingerprint density at radius 3 is 2.47 bits per heavy atom. The molecule has 19 heavy (non-hydrogen) atoms. The van der Waals surface area contributed by atoms with Gasteiger partial charge < -0.3 is 5.32 Å². The van der Waals surface area contributed by atoms with Crippen molar-refractivity contribution in [2.75, 3.05) is 5.32 Å². The normalized spacial score (nSPS) is 11.7. The van der Waals surface area contributed by atoms with E-state index in [0.29, 0.717) is 10.0 Å². The number of para-hydroxylation sites is 1. The van der Waals surface area contributed by atoms with E-state index in [0.717, 1.165) is 16.8 Å². The molecule has 0 amide bonds. The van der Waals surface area contributed by atoms with E-state index in [1.807, 2.05) is 37.3 Å². The number of hydrogen-bond acceptors (Lipinski definition) is 2. The molecule has 0 aliphatic carbocycles. The standard InChI is InChI=1S/C15H12Cl2N2/c1-10-6-7-11(8-13(10)17)15(9-18)19-14-5-3-2-4-12(14)16/h2-8,15,19H,1H3. The van der Waals surface area contributed by atoms with Crippen molar-refractivity contribution in [2.45, 2.75) is 13.0 Å². The van der Waals surface area contributed by atoms with Crippen LogP contribution in [0.2, 0.25) is 10.0 Å². The number of aryl methyl sites for hydroxylation is 1. The van der Waals surface area contributed by atoms with Gasteiger partial charge in [0.05, 0.1) is 16.8 Å². The zero-order chi connectivity index (χ0) is 13.8. The van der Waals surface area contributed by atoms with E-state index >= 15 is 0 Å². The first-order valence-electron chi connectivity index (χ1n) is 5.78. The molecule has 2 aromatic rings. The second kappa shape index (κ2) is 5.97. The Kier molecular flexibility index (Phi) is 4.31. The first-order chi connectivity index (χ1) is 9.11. The Hall–Kier alpha value is -1.69. The van der Waals surface area contributed by atoms with Gasteiger partial charge in [0.2, 0.25) is 0 Å². The van der Waals surface area contributed by atoms with Crippen LogP contribution in [0.5, 0.6) is 0 Å². The summed E-state index contributed by atoms with van der Waals surface area (Å²) in [5.74, 6) is 0. The van der Waals surface area contributed by atoms with Crippen LogP contribution < -0.4 is 5.32 Å². The summed E-state index contributed by atoms with van der Waals surface area (Å²) in [6.07, 6.45) is 0. The molecule has 0 saturated carbocycles. The summed E-state index contributed by atoms with van der Waals surface area (Å²) in [6, 6.07) is 14.6. The van der Waals surface area contributed by atoms with Crippen molar-refractivity contribution in [2.24, 2.45) is 0 Å². The van der Waals surface area contributed by atoms with Crippen molar-refractivity contribution in [1.82, 2.24) is 0 Å². The second-order valence-corrected chi connectivity index (χ2v) is 5.01. The highest BCUT2D eigenvalue weighted by molar-refractivity contribution is 6.33.